The van der Waals surface area contributed by atoms with Gasteiger partial charge in [0.05, 0.1) is 25.9 Å². The van der Waals surface area contributed by atoms with E-state index in [9.17, 15) is 14.0 Å². The largest absolute Gasteiger partial charge is 0.493 e. The van der Waals surface area contributed by atoms with Crippen molar-refractivity contribution in [3.05, 3.63) is 76.7 Å². The Hall–Kier alpha value is -3.52. The monoisotopic (exact) mass is 483 g/mol. The quantitative estimate of drug-likeness (QED) is 0.406. The second-order valence-electron chi connectivity index (χ2n) is 8.24. The molecular formula is C27H30FNO6. The van der Waals surface area contributed by atoms with Gasteiger partial charge in [-0.25, -0.2) is 9.18 Å². The number of hydrogen-bond acceptors (Lipinski definition) is 7. The highest BCUT2D eigenvalue weighted by Gasteiger charge is 2.42. The predicted molar refractivity (Wildman–Crippen MR) is 129 cm³/mol. The van der Waals surface area contributed by atoms with Crippen LogP contribution in [0.5, 0.6) is 5.75 Å². The highest BCUT2D eigenvalue weighted by molar-refractivity contribution is 6.06. The maximum Gasteiger partial charge on any atom is 0.336 e. The molecule has 0 spiro atoms. The molecule has 0 aromatic heterocycles. The van der Waals surface area contributed by atoms with Crippen LogP contribution < -0.4 is 4.74 Å². The van der Waals surface area contributed by atoms with E-state index >= 15 is 0 Å². The Bertz CT molecular complexity index is 1110. The molecule has 1 aliphatic rings. The van der Waals surface area contributed by atoms with Gasteiger partial charge in [0.2, 0.25) is 0 Å². The van der Waals surface area contributed by atoms with Crippen molar-refractivity contribution in [2.24, 2.45) is 10.9 Å². The average molecular weight is 484 g/mol. The lowest BCUT2D eigenvalue weighted by Gasteiger charge is -2.31. The molecule has 2 atom stereocenters. The smallest absolute Gasteiger partial charge is 0.336 e. The fourth-order valence-corrected chi connectivity index (χ4v) is 4.17. The van der Waals surface area contributed by atoms with Gasteiger partial charge in [-0.3, -0.25) is 9.79 Å². The molecular weight excluding hydrogens is 453 g/mol. The standard InChI is InChI=1S/C27H30FNO6/c1-17-23(26(31)33-3)25(20-6-4-7-21(28)16-20)24(18(2)29-17)27(32)35-15-5-14-34-22-10-8-19(9-11-22)12-13-30/h4,6-11,16,23,25,30H,5,12-15H2,1-3H3. The fraction of sp³-hybridized carbons (Fsp3) is 0.370. The molecule has 1 heterocycles. The number of methoxy groups -OCH3 is 1. The van der Waals surface area contributed by atoms with Crippen molar-refractivity contribution in [1.29, 1.82) is 0 Å². The lowest BCUT2D eigenvalue weighted by molar-refractivity contribution is -0.144. The second kappa shape index (κ2) is 12.3. The number of rotatable bonds is 10. The Labute approximate surface area is 204 Å². The Morgan fingerprint density at radius 2 is 1.83 bits per heavy atom. The van der Waals surface area contributed by atoms with Gasteiger partial charge in [-0.1, -0.05) is 24.3 Å². The maximum atomic E-state index is 14.0. The molecule has 0 saturated carbocycles. The molecule has 0 amide bonds. The molecule has 2 aromatic carbocycles. The van der Waals surface area contributed by atoms with E-state index in [1.54, 1.807) is 19.9 Å². The number of benzene rings is 2. The number of aliphatic hydroxyl groups excluding tert-OH is 1. The lowest BCUT2D eigenvalue weighted by atomic mass is 9.75. The van der Waals surface area contributed by atoms with E-state index in [0.717, 1.165) is 5.56 Å². The van der Waals surface area contributed by atoms with Crippen molar-refractivity contribution in [1.82, 2.24) is 0 Å². The molecule has 1 aliphatic heterocycles. The third-order valence-corrected chi connectivity index (χ3v) is 5.83. The molecule has 2 unspecified atom stereocenters. The number of halogens is 1. The van der Waals surface area contributed by atoms with E-state index < -0.39 is 29.6 Å². The third kappa shape index (κ3) is 6.54. The van der Waals surface area contributed by atoms with Crippen molar-refractivity contribution < 1.29 is 33.3 Å². The Morgan fingerprint density at radius 1 is 1.09 bits per heavy atom. The first-order valence-corrected chi connectivity index (χ1v) is 11.4. The number of hydrogen-bond donors (Lipinski definition) is 1. The highest BCUT2D eigenvalue weighted by atomic mass is 19.1. The molecule has 35 heavy (non-hydrogen) atoms. The van der Waals surface area contributed by atoms with Gasteiger partial charge in [0.1, 0.15) is 17.5 Å². The number of esters is 2. The van der Waals surface area contributed by atoms with Crippen LogP contribution in [0, 0.1) is 11.7 Å². The normalized spacial score (nSPS) is 17.6. The molecule has 0 aliphatic carbocycles. The summed E-state index contributed by atoms with van der Waals surface area (Å²) in [5, 5.41) is 8.98. The summed E-state index contributed by atoms with van der Waals surface area (Å²) in [6.45, 7) is 3.88. The van der Waals surface area contributed by atoms with Crippen molar-refractivity contribution in [2.75, 3.05) is 26.9 Å². The van der Waals surface area contributed by atoms with Gasteiger partial charge in [-0.15, -0.1) is 0 Å². The van der Waals surface area contributed by atoms with Crippen LogP contribution in [0.1, 0.15) is 37.3 Å². The van der Waals surface area contributed by atoms with Crippen molar-refractivity contribution in [3.63, 3.8) is 0 Å². The molecule has 3 rings (SSSR count). The van der Waals surface area contributed by atoms with Crippen molar-refractivity contribution in [2.45, 2.75) is 32.6 Å². The first-order chi connectivity index (χ1) is 16.8. The first-order valence-electron chi connectivity index (χ1n) is 11.4. The fourth-order valence-electron chi connectivity index (χ4n) is 4.17. The predicted octanol–water partition coefficient (Wildman–Crippen LogP) is 3.99. The van der Waals surface area contributed by atoms with Crippen LogP contribution in [-0.4, -0.2) is 49.7 Å². The number of ether oxygens (including phenoxy) is 3. The van der Waals surface area contributed by atoms with Gasteiger partial charge in [-0.05, 0) is 55.7 Å². The van der Waals surface area contributed by atoms with E-state index in [-0.39, 0.29) is 18.8 Å². The van der Waals surface area contributed by atoms with E-state index in [2.05, 4.69) is 4.99 Å². The summed E-state index contributed by atoms with van der Waals surface area (Å²) < 4.78 is 30.2. The number of allylic oxidation sites excluding steroid dienone is 1. The number of aliphatic hydroxyl groups is 1. The maximum absolute atomic E-state index is 14.0. The molecule has 7 nitrogen and oxygen atoms in total. The van der Waals surface area contributed by atoms with Crippen LogP contribution in [0.25, 0.3) is 0 Å². The summed E-state index contributed by atoms with van der Waals surface area (Å²) >= 11 is 0. The summed E-state index contributed by atoms with van der Waals surface area (Å²) in [6.07, 6.45) is 1.03. The molecule has 0 radical (unpaired) electrons. The van der Waals surface area contributed by atoms with Crippen LogP contribution in [-0.2, 0) is 25.5 Å². The molecule has 2 aromatic rings. The third-order valence-electron chi connectivity index (χ3n) is 5.83. The average Bonchev–Trinajstić information content (AvgIpc) is 2.84. The number of nitrogens with zero attached hydrogens (tertiary/aromatic N) is 1. The first kappa shape index (κ1) is 26.1. The second-order valence-corrected chi connectivity index (χ2v) is 8.24. The highest BCUT2D eigenvalue weighted by Crippen LogP contribution is 2.40. The van der Waals surface area contributed by atoms with Gasteiger partial charge in [0.25, 0.3) is 0 Å². The molecule has 8 heteroatoms. The molecule has 186 valence electrons. The minimum atomic E-state index is -0.870. The Kier molecular flexibility index (Phi) is 9.14. The topological polar surface area (TPSA) is 94.4 Å². The van der Waals surface area contributed by atoms with Crippen LogP contribution in [0.4, 0.5) is 4.39 Å². The van der Waals surface area contributed by atoms with Crippen LogP contribution >= 0.6 is 0 Å². The minimum absolute atomic E-state index is 0.0901. The van der Waals surface area contributed by atoms with E-state index in [1.807, 2.05) is 24.3 Å². The zero-order valence-electron chi connectivity index (χ0n) is 20.1. The van der Waals surface area contributed by atoms with Gasteiger partial charge in [-0.2, -0.15) is 0 Å². The van der Waals surface area contributed by atoms with Crippen LogP contribution in [0.2, 0.25) is 0 Å². The molecule has 0 bridgehead atoms. The zero-order valence-corrected chi connectivity index (χ0v) is 20.1. The van der Waals surface area contributed by atoms with Gasteiger partial charge >= 0.3 is 11.9 Å². The zero-order chi connectivity index (χ0) is 25.4. The minimum Gasteiger partial charge on any atom is -0.493 e. The SMILES string of the molecule is COC(=O)C1C(C)=NC(C)=C(C(=O)OCCCOc2ccc(CCO)cc2)C1c1cccc(F)c1. The summed E-state index contributed by atoms with van der Waals surface area (Å²) in [6, 6.07) is 13.2. The van der Waals surface area contributed by atoms with Crippen molar-refractivity contribution >= 4 is 17.7 Å². The number of carbonyl (C=O) groups excluding carboxylic acids is 2. The van der Waals surface area contributed by atoms with Gasteiger partial charge < -0.3 is 19.3 Å². The van der Waals surface area contributed by atoms with Gasteiger partial charge in [0.15, 0.2) is 0 Å². The van der Waals surface area contributed by atoms with E-state index in [1.165, 1.54) is 25.3 Å². The van der Waals surface area contributed by atoms with E-state index in [4.69, 9.17) is 19.3 Å². The Balaban J connectivity index is 1.68. The molecule has 1 N–H and O–H groups in total. The summed E-state index contributed by atoms with van der Waals surface area (Å²) in [4.78, 5) is 30.1. The van der Waals surface area contributed by atoms with Crippen molar-refractivity contribution in [3.8, 4) is 5.75 Å². The summed E-state index contributed by atoms with van der Waals surface area (Å²) in [5.41, 5.74) is 2.59. The number of carbonyl (C=O) groups is 2. The van der Waals surface area contributed by atoms with Crippen LogP contribution in [0.15, 0.2) is 64.8 Å². The molecule has 0 fully saturated rings. The Morgan fingerprint density at radius 3 is 2.49 bits per heavy atom. The van der Waals surface area contributed by atoms with Gasteiger partial charge in [0, 0.05) is 30.4 Å². The molecule has 0 saturated heterocycles. The lowest BCUT2D eigenvalue weighted by Crippen LogP contribution is -2.36. The van der Waals surface area contributed by atoms with Crippen LogP contribution in [0.3, 0.4) is 0 Å². The summed E-state index contributed by atoms with van der Waals surface area (Å²) in [7, 11) is 1.27. The van der Waals surface area contributed by atoms with E-state index in [0.29, 0.717) is 42.2 Å². The number of aliphatic imine (C=N–C) groups is 1. The summed E-state index contributed by atoms with van der Waals surface area (Å²) in [5.74, 6) is -2.62.